The molecule has 1 aliphatic carbocycles. The normalized spacial score (nSPS) is 18.6. The molecule has 0 saturated heterocycles. The monoisotopic (exact) mass is 394 g/mol. The Hall–Kier alpha value is -3.30. The van der Waals surface area contributed by atoms with Gasteiger partial charge in [-0.15, -0.1) is 10.2 Å². The molecule has 1 saturated carbocycles. The molecule has 0 N–H and O–H groups in total. The van der Waals surface area contributed by atoms with Crippen LogP contribution in [-0.2, 0) is 4.74 Å². The van der Waals surface area contributed by atoms with Crippen LogP contribution in [0.15, 0.2) is 25.0 Å². The molecule has 1 aliphatic heterocycles. The van der Waals surface area contributed by atoms with E-state index in [4.69, 9.17) is 9.72 Å². The van der Waals surface area contributed by atoms with Gasteiger partial charge in [-0.2, -0.15) is 4.98 Å². The first kappa shape index (κ1) is 17.8. The molecule has 0 spiro atoms. The topological polar surface area (TPSA) is 104 Å². The molecule has 0 unspecified atom stereocenters. The van der Waals surface area contributed by atoms with Crippen LogP contribution in [0.2, 0.25) is 0 Å². The average molecular weight is 394 g/mol. The van der Waals surface area contributed by atoms with E-state index in [9.17, 15) is 4.79 Å². The number of imidazole rings is 1. The van der Waals surface area contributed by atoms with Crippen molar-refractivity contribution in [3.8, 4) is 11.6 Å². The summed E-state index contributed by atoms with van der Waals surface area (Å²) in [6.07, 6.45) is 12.3. The quantitative estimate of drug-likeness (QED) is 0.621. The smallest absolute Gasteiger partial charge is 0.358 e. The molecule has 0 radical (unpaired) electrons. The number of carbonyl (C=O) groups excluding carboxylic acids is 1. The maximum atomic E-state index is 11.7. The molecular weight excluding hydrogens is 372 g/mol. The van der Waals surface area contributed by atoms with E-state index >= 15 is 0 Å². The number of hydrogen-bond donors (Lipinski definition) is 0. The van der Waals surface area contributed by atoms with Crippen LogP contribution in [0.1, 0.15) is 61.4 Å². The Bertz CT molecular complexity index is 1050. The predicted octanol–water partition coefficient (Wildman–Crippen LogP) is 2.24. The van der Waals surface area contributed by atoms with Crippen molar-refractivity contribution in [3.63, 3.8) is 0 Å². The Morgan fingerprint density at radius 3 is 2.83 bits per heavy atom. The molecule has 29 heavy (non-hydrogen) atoms. The molecule has 4 heterocycles. The number of fused-ring (bicyclic) bond motifs is 3. The Morgan fingerprint density at radius 1 is 1.24 bits per heavy atom. The molecule has 10 heteroatoms. The zero-order valence-corrected chi connectivity index (χ0v) is 16.4. The van der Waals surface area contributed by atoms with Crippen molar-refractivity contribution >= 4 is 11.8 Å². The van der Waals surface area contributed by atoms with Gasteiger partial charge < -0.3 is 9.64 Å². The van der Waals surface area contributed by atoms with E-state index in [1.807, 2.05) is 4.57 Å². The van der Waals surface area contributed by atoms with E-state index in [0.717, 1.165) is 36.6 Å². The number of aromatic nitrogens is 7. The van der Waals surface area contributed by atoms with Gasteiger partial charge in [0.05, 0.1) is 19.3 Å². The lowest BCUT2D eigenvalue weighted by molar-refractivity contribution is 0.0594. The summed E-state index contributed by atoms with van der Waals surface area (Å²) in [5, 5.41) is 8.53. The summed E-state index contributed by atoms with van der Waals surface area (Å²) >= 11 is 0. The van der Waals surface area contributed by atoms with Crippen LogP contribution in [0.25, 0.3) is 11.6 Å². The molecule has 150 valence electrons. The van der Waals surface area contributed by atoms with E-state index in [1.54, 1.807) is 23.3 Å². The van der Waals surface area contributed by atoms with Gasteiger partial charge in [-0.3, -0.25) is 9.13 Å². The van der Waals surface area contributed by atoms with Gasteiger partial charge in [-0.25, -0.2) is 14.8 Å². The van der Waals surface area contributed by atoms with Crippen LogP contribution >= 0.6 is 0 Å². The minimum absolute atomic E-state index is 0.115. The molecule has 3 aromatic heterocycles. The lowest BCUT2D eigenvalue weighted by Gasteiger charge is -2.40. The van der Waals surface area contributed by atoms with E-state index < -0.39 is 5.97 Å². The van der Waals surface area contributed by atoms with Crippen LogP contribution in [0.4, 0.5) is 5.82 Å². The fourth-order valence-corrected chi connectivity index (χ4v) is 4.40. The van der Waals surface area contributed by atoms with E-state index in [1.165, 1.54) is 26.3 Å². The third kappa shape index (κ3) is 2.78. The number of hydrogen-bond acceptors (Lipinski definition) is 8. The highest BCUT2D eigenvalue weighted by Crippen LogP contribution is 2.42. The molecule has 5 rings (SSSR count). The molecule has 1 atom stereocenters. The van der Waals surface area contributed by atoms with Crippen LogP contribution in [0.5, 0.6) is 0 Å². The second-order valence-electron chi connectivity index (χ2n) is 7.37. The molecule has 0 aromatic carbocycles. The lowest BCUT2D eigenvalue weighted by atomic mass is 10.0. The molecule has 10 nitrogen and oxygen atoms in total. The number of anilines is 1. The van der Waals surface area contributed by atoms with E-state index in [-0.39, 0.29) is 11.7 Å². The first-order chi connectivity index (χ1) is 14.2. The van der Waals surface area contributed by atoms with E-state index in [0.29, 0.717) is 12.0 Å². The zero-order valence-electron chi connectivity index (χ0n) is 16.4. The van der Waals surface area contributed by atoms with Gasteiger partial charge in [0.1, 0.15) is 18.3 Å². The van der Waals surface area contributed by atoms with Crippen molar-refractivity contribution in [1.82, 2.24) is 34.3 Å². The van der Waals surface area contributed by atoms with Gasteiger partial charge in [-0.05, 0) is 19.3 Å². The lowest BCUT2D eigenvalue weighted by Crippen LogP contribution is -2.42. The number of nitrogens with zero attached hydrogens (tertiary/aromatic N) is 8. The third-order valence-corrected chi connectivity index (χ3v) is 5.76. The summed E-state index contributed by atoms with van der Waals surface area (Å²) in [5.74, 6) is 1.77. The van der Waals surface area contributed by atoms with Gasteiger partial charge in [-0.1, -0.05) is 19.8 Å². The van der Waals surface area contributed by atoms with Crippen molar-refractivity contribution < 1.29 is 9.53 Å². The minimum Gasteiger partial charge on any atom is -0.464 e. The molecular formula is C19H22N8O2. The first-order valence-electron chi connectivity index (χ1n) is 9.89. The van der Waals surface area contributed by atoms with Crippen LogP contribution < -0.4 is 4.90 Å². The average Bonchev–Trinajstić information content (AvgIpc) is 3.52. The second kappa shape index (κ2) is 6.94. The van der Waals surface area contributed by atoms with Gasteiger partial charge in [0.15, 0.2) is 17.3 Å². The van der Waals surface area contributed by atoms with Crippen molar-refractivity contribution in [2.45, 2.75) is 51.1 Å². The Kier molecular flexibility index (Phi) is 4.26. The molecule has 3 aromatic rings. The zero-order chi connectivity index (χ0) is 20.0. The summed E-state index contributed by atoms with van der Waals surface area (Å²) in [7, 11) is 1.33. The number of ether oxygens (including phenoxy) is 1. The molecule has 0 bridgehead atoms. The number of rotatable bonds is 4. The molecule has 2 aliphatic rings. The molecule has 0 amide bonds. The third-order valence-electron chi connectivity index (χ3n) is 5.76. The molecule has 1 fully saturated rings. The number of methoxy groups -OCH3 is 1. The van der Waals surface area contributed by atoms with Crippen molar-refractivity contribution in [2.24, 2.45) is 0 Å². The Balaban J connectivity index is 1.63. The highest BCUT2D eigenvalue weighted by atomic mass is 16.5. The standard InChI is InChI=1S/C19H22N8O2/c1-3-14-17-24-22-11-26(17)15-8-20-19(25-9-13(21-10-25)18(28)29-2)23-16(15)27(14)12-6-4-5-7-12/h8-12,14H,3-7H2,1-2H3/t14-/m1/s1. The minimum atomic E-state index is -0.491. The Labute approximate surface area is 167 Å². The Morgan fingerprint density at radius 2 is 2.07 bits per heavy atom. The summed E-state index contributed by atoms with van der Waals surface area (Å²) in [6.45, 7) is 2.16. The summed E-state index contributed by atoms with van der Waals surface area (Å²) in [5.41, 5.74) is 1.09. The fourth-order valence-electron chi connectivity index (χ4n) is 4.40. The highest BCUT2D eigenvalue weighted by molar-refractivity contribution is 5.86. The maximum Gasteiger partial charge on any atom is 0.358 e. The van der Waals surface area contributed by atoms with Crippen molar-refractivity contribution in [3.05, 3.63) is 36.6 Å². The highest BCUT2D eigenvalue weighted by Gasteiger charge is 2.38. The predicted molar refractivity (Wildman–Crippen MR) is 103 cm³/mol. The van der Waals surface area contributed by atoms with Crippen molar-refractivity contribution in [2.75, 3.05) is 12.0 Å². The van der Waals surface area contributed by atoms with Gasteiger partial charge in [0.25, 0.3) is 0 Å². The maximum absolute atomic E-state index is 11.7. The first-order valence-corrected chi connectivity index (χ1v) is 9.89. The number of carbonyl (C=O) groups is 1. The van der Waals surface area contributed by atoms with Crippen LogP contribution in [0.3, 0.4) is 0 Å². The van der Waals surface area contributed by atoms with Crippen molar-refractivity contribution in [1.29, 1.82) is 0 Å². The SMILES string of the molecule is CC[C@@H]1c2nncn2-c2cnc(-n3cnc(C(=O)OC)c3)nc2N1C1CCCC1. The van der Waals surface area contributed by atoms with Gasteiger partial charge in [0, 0.05) is 12.2 Å². The van der Waals surface area contributed by atoms with E-state index in [2.05, 4.69) is 32.0 Å². The largest absolute Gasteiger partial charge is 0.464 e. The summed E-state index contributed by atoms with van der Waals surface area (Å²) in [6, 6.07) is 0.532. The van der Waals surface area contributed by atoms with Crippen LogP contribution in [0, 0.1) is 0 Å². The summed E-state index contributed by atoms with van der Waals surface area (Å²) < 4.78 is 8.36. The summed E-state index contributed by atoms with van der Waals surface area (Å²) in [4.78, 5) is 27.6. The van der Waals surface area contributed by atoms with Gasteiger partial charge in [0.2, 0.25) is 5.95 Å². The second-order valence-corrected chi connectivity index (χ2v) is 7.37. The number of esters is 1. The van der Waals surface area contributed by atoms with Gasteiger partial charge >= 0.3 is 5.97 Å². The van der Waals surface area contributed by atoms with Crippen LogP contribution in [-0.4, -0.2) is 53.4 Å². The fraction of sp³-hybridized carbons (Fsp3) is 0.474.